The van der Waals surface area contributed by atoms with E-state index in [4.69, 9.17) is 4.74 Å². The third kappa shape index (κ3) is 3.49. The SMILES string of the molecule is C=C/C=C(\C=C)COC(=O)N1C[C@H](c2c[nH]c3cc(F)ccc23)C2C1CCN2C. The molecule has 152 valence electrons. The number of aromatic nitrogens is 1. The summed E-state index contributed by atoms with van der Waals surface area (Å²) >= 11 is 0. The number of aromatic amines is 1. The number of carbonyl (C=O) groups is 1. The zero-order chi connectivity index (χ0) is 20.5. The largest absolute Gasteiger partial charge is 0.445 e. The molecule has 1 N–H and O–H groups in total. The van der Waals surface area contributed by atoms with Gasteiger partial charge in [-0.05, 0) is 42.8 Å². The van der Waals surface area contributed by atoms with Gasteiger partial charge in [-0.3, -0.25) is 0 Å². The first kappa shape index (κ1) is 19.5. The molecule has 29 heavy (non-hydrogen) atoms. The maximum absolute atomic E-state index is 13.6. The molecule has 0 bridgehead atoms. The van der Waals surface area contributed by atoms with Crippen LogP contribution in [-0.4, -0.2) is 59.7 Å². The van der Waals surface area contributed by atoms with Crippen molar-refractivity contribution in [2.24, 2.45) is 0 Å². The average molecular weight is 395 g/mol. The first-order chi connectivity index (χ1) is 14.0. The Morgan fingerprint density at radius 1 is 1.41 bits per heavy atom. The second-order valence-corrected chi connectivity index (χ2v) is 7.76. The summed E-state index contributed by atoms with van der Waals surface area (Å²) in [5, 5.41) is 1.01. The first-order valence-corrected chi connectivity index (χ1v) is 9.87. The molecule has 3 atom stereocenters. The van der Waals surface area contributed by atoms with Crippen LogP contribution in [0.3, 0.4) is 0 Å². The summed E-state index contributed by atoms with van der Waals surface area (Å²) in [6.07, 6.45) is 7.66. The summed E-state index contributed by atoms with van der Waals surface area (Å²) in [6.45, 7) is 9.10. The van der Waals surface area contributed by atoms with Crippen molar-refractivity contribution in [3.63, 3.8) is 0 Å². The summed E-state index contributed by atoms with van der Waals surface area (Å²) in [5.41, 5.74) is 2.71. The molecule has 6 heteroatoms. The third-order valence-electron chi connectivity index (χ3n) is 6.15. The molecule has 5 nitrogen and oxygen atoms in total. The van der Waals surface area contributed by atoms with Gasteiger partial charge >= 0.3 is 6.09 Å². The van der Waals surface area contributed by atoms with Crippen molar-refractivity contribution in [1.29, 1.82) is 0 Å². The Kier molecular flexibility index (Phi) is 5.28. The van der Waals surface area contributed by atoms with Gasteiger partial charge in [-0.15, -0.1) is 0 Å². The monoisotopic (exact) mass is 395 g/mol. The molecule has 1 aromatic heterocycles. The Balaban J connectivity index is 1.58. The van der Waals surface area contributed by atoms with Gasteiger partial charge in [0.05, 0.1) is 6.04 Å². The first-order valence-electron chi connectivity index (χ1n) is 9.87. The molecule has 2 aliphatic rings. The minimum atomic E-state index is -0.305. The highest BCUT2D eigenvalue weighted by Crippen LogP contribution is 2.42. The number of hydrogen-bond acceptors (Lipinski definition) is 3. The van der Waals surface area contributed by atoms with Crippen LogP contribution >= 0.6 is 0 Å². The molecule has 3 heterocycles. The molecule has 2 saturated heterocycles. The highest BCUT2D eigenvalue weighted by atomic mass is 19.1. The lowest BCUT2D eigenvalue weighted by Gasteiger charge is -2.25. The zero-order valence-electron chi connectivity index (χ0n) is 16.6. The topological polar surface area (TPSA) is 48.6 Å². The van der Waals surface area contributed by atoms with Crippen molar-refractivity contribution in [1.82, 2.24) is 14.8 Å². The van der Waals surface area contributed by atoms with Crippen LogP contribution in [0.5, 0.6) is 0 Å². The minimum absolute atomic E-state index is 0.110. The number of nitrogens with zero attached hydrogens (tertiary/aromatic N) is 2. The number of nitrogens with one attached hydrogen (secondary N) is 1. The predicted molar refractivity (Wildman–Crippen MR) is 112 cm³/mol. The minimum Gasteiger partial charge on any atom is -0.445 e. The number of rotatable bonds is 5. The van der Waals surface area contributed by atoms with Gasteiger partial charge in [0, 0.05) is 42.1 Å². The van der Waals surface area contributed by atoms with Gasteiger partial charge in [-0.1, -0.05) is 31.4 Å². The molecular weight excluding hydrogens is 369 g/mol. The molecule has 0 spiro atoms. The molecule has 2 aromatic rings. The number of halogens is 1. The number of amides is 1. The number of carbonyl (C=O) groups excluding carboxylic acids is 1. The lowest BCUT2D eigenvalue weighted by molar-refractivity contribution is 0.105. The number of likely N-dealkylation sites (N-methyl/N-ethyl adjacent to an activating group) is 1. The maximum Gasteiger partial charge on any atom is 0.410 e. The smallest absolute Gasteiger partial charge is 0.410 e. The molecule has 1 aromatic carbocycles. The fourth-order valence-electron chi connectivity index (χ4n) is 4.79. The predicted octanol–water partition coefficient (Wildman–Crippen LogP) is 4.21. The Morgan fingerprint density at radius 2 is 2.24 bits per heavy atom. The highest BCUT2D eigenvalue weighted by Gasteiger charge is 2.50. The highest BCUT2D eigenvalue weighted by molar-refractivity contribution is 5.84. The van der Waals surface area contributed by atoms with E-state index < -0.39 is 0 Å². The van der Waals surface area contributed by atoms with Crippen LogP contribution in [0, 0.1) is 5.82 Å². The molecule has 2 unspecified atom stereocenters. The lowest BCUT2D eigenvalue weighted by Crippen LogP contribution is -2.39. The van der Waals surface area contributed by atoms with Crippen LogP contribution in [0.25, 0.3) is 10.9 Å². The van der Waals surface area contributed by atoms with Crippen molar-refractivity contribution < 1.29 is 13.9 Å². The molecule has 2 aliphatic heterocycles. The van der Waals surface area contributed by atoms with Crippen LogP contribution in [0.15, 0.2) is 61.4 Å². The van der Waals surface area contributed by atoms with Crippen molar-refractivity contribution >= 4 is 17.0 Å². The average Bonchev–Trinajstić information content (AvgIpc) is 3.39. The fourth-order valence-corrected chi connectivity index (χ4v) is 4.79. The molecule has 0 saturated carbocycles. The summed E-state index contributed by atoms with van der Waals surface area (Å²) in [5.74, 6) is -0.120. The van der Waals surface area contributed by atoms with Gasteiger partial charge in [-0.25, -0.2) is 9.18 Å². The number of H-pyrrole nitrogens is 1. The van der Waals surface area contributed by atoms with E-state index >= 15 is 0 Å². The summed E-state index contributed by atoms with van der Waals surface area (Å²) in [4.78, 5) is 20.2. The molecule has 4 rings (SSSR count). The van der Waals surface area contributed by atoms with Gasteiger partial charge in [0.15, 0.2) is 0 Å². The van der Waals surface area contributed by atoms with Crippen molar-refractivity contribution in [3.05, 3.63) is 72.7 Å². The van der Waals surface area contributed by atoms with Crippen molar-refractivity contribution in [2.45, 2.75) is 24.4 Å². The summed E-state index contributed by atoms with van der Waals surface area (Å²) < 4.78 is 19.2. The molecule has 2 fully saturated rings. The lowest BCUT2D eigenvalue weighted by atomic mass is 9.91. The van der Waals surface area contributed by atoms with Crippen LogP contribution in [0.1, 0.15) is 17.9 Å². The number of benzene rings is 1. The van der Waals surface area contributed by atoms with Crippen molar-refractivity contribution in [3.8, 4) is 0 Å². The van der Waals surface area contributed by atoms with Crippen LogP contribution in [0.4, 0.5) is 9.18 Å². The normalized spacial score (nSPS) is 24.7. The Hall–Kier alpha value is -2.86. The number of likely N-dealkylation sites (tertiary alicyclic amines) is 2. The van der Waals surface area contributed by atoms with Gasteiger partial charge in [0.25, 0.3) is 0 Å². The van der Waals surface area contributed by atoms with E-state index in [0.29, 0.717) is 6.54 Å². The van der Waals surface area contributed by atoms with E-state index in [9.17, 15) is 9.18 Å². The quantitative estimate of drug-likeness (QED) is 0.772. The van der Waals surface area contributed by atoms with Gasteiger partial charge < -0.3 is 19.5 Å². The van der Waals surface area contributed by atoms with Crippen LogP contribution < -0.4 is 0 Å². The third-order valence-corrected chi connectivity index (χ3v) is 6.15. The summed E-state index contributed by atoms with van der Waals surface area (Å²) in [6, 6.07) is 5.14. The van der Waals surface area contributed by atoms with Gasteiger partial charge in [-0.2, -0.15) is 0 Å². The van der Waals surface area contributed by atoms with Gasteiger partial charge in [0.1, 0.15) is 12.4 Å². The van der Waals surface area contributed by atoms with Crippen LogP contribution in [-0.2, 0) is 4.74 Å². The Bertz CT molecular complexity index is 980. The fraction of sp³-hybridized carbons (Fsp3) is 0.348. The van der Waals surface area contributed by atoms with E-state index in [-0.39, 0.29) is 36.5 Å². The maximum atomic E-state index is 13.6. The number of fused-ring (bicyclic) bond motifs is 2. The van der Waals surface area contributed by atoms with E-state index in [2.05, 4.69) is 30.1 Å². The molecule has 0 aliphatic carbocycles. The number of ether oxygens (including phenoxy) is 1. The second-order valence-electron chi connectivity index (χ2n) is 7.76. The van der Waals surface area contributed by atoms with Gasteiger partial charge in [0.2, 0.25) is 0 Å². The van der Waals surface area contributed by atoms with E-state index in [1.165, 1.54) is 12.1 Å². The zero-order valence-corrected chi connectivity index (χ0v) is 16.6. The molecule has 1 amide bonds. The van der Waals surface area contributed by atoms with Crippen molar-refractivity contribution in [2.75, 3.05) is 26.7 Å². The number of allylic oxidation sites excluding steroid dienone is 2. The Morgan fingerprint density at radius 3 is 3.00 bits per heavy atom. The standard InChI is InChI=1S/C23H26FN3O2/c1-4-6-15(5-2)14-29-23(28)27-13-19(22-21(27)9-10-26(22)3)18-12-25-20-11-16(24)7-8-17(18)20/h4-8,11-12,19,21-22,25H,1-2,9-10,13-14H2,3H3/b15-6+/t19-,21?,22?/m1/s1. The summed E-state index contributed by atoms with van der Waals surface area (Å²) in [7, 11) is 2.10. The number of hydrogen-bond donors (Lipinski definition) is 1. The van der Waals surface area contributed by atoms with E-state index in [1.54, 1.807) is 18.2 Å². The molecular formula is C23H26FN3O2. The van der Waals surface area contributed by atoms with E-state index in [0.717, 1.165) is 35.0 Å². The molecule has 0 radical (unpaired) electrons. The second kappa shape index (κ2) is 7.87. The Labute approximate surface area is 170 Å². The van der Waals surface area contributed by atoms with Crippen LogP contribution in [0.2, 0.25) is 0 Å². The van der Waals surface area contributed by atoms with E-state index in [1.807, 2.05) is 17.2 Å².